The third-order valence-electron chi connectivity index (χ3n) is 4.07. The summed E-state index contributed by atoms with van der Waals surface area (Å²) in [5, 5.41) is 2.96. The fraction of sp³-hybridized carbons (Fsp3) is 0.381. The van der Waals surface area contributed by atoms with Crippen molar-refractivity contribution in [1.82, 2.24) is 5.32 Å². The number of nitrogens with one attached hydrogen (secondary N) is 1. The molecule has 2 aromatic rings. The molecule has 1 amide bonds. The molecule has 0 unspecified atom stereocenters. The van der Waals surface area contributed by atoms with E-state index < -0.39 is 6.10 Å². The van der Waals surface area contributed by atoms with Crippen LogP contribution in [-0.2, 0) is 11.2 Å². The SMILES string of the molecule is CC[C@@H](Oc1ccccc1)C(=O)NCCCc1ccc(OC)c(OC)c1. The average Bonchev–Trinajstić information content (AvgIpc) is 2.69. The van der Waals surface area contributed by atoms with Gasteiger partial charge in [0.15, 0.2) is 17.6 Å². The molecule has 0 aromatic heterocycles. The summed E-state index contributed by atoms with van der Waals surface area (Å²) in [7, 11) is 3.24. The highest BCUT2D eigenvalue weighted by Crippen LogP contribution is 2.27. The molecule has 0 aliphatic carbocycles. The zero-order valence-electron chi connectivity index (χ0n) is 15.7. The number of carbonyl (C=O) groups is 1. The molecule has 140 valence electrons. The van der Waals surface area contributed by atoms with Crippen LogP contribution in [0.15, 0.2) is 48.5 Å². The summed E-state index contributed by atoms with van der Waals surface area (Å²) in [4.78, 5) is 12.3. The summed E-state index contributed by atoms with van der Waals surface area (Å²) in [6.07, 6.45) is 1.83. The molecule has 5 nitrogen and oxygen atoms in total. The predicted octanol–water partition coefficient (Wildman–Crippen LogP) is 3.61. The fourth-order valence-electron chi connectivity index (χ4n) is 2.64. The van der Waals surface area contributed by atoms with E-state index in [0.29, 0.717) is 24.5 Å². The van der Waals surface area contributed by atoms with Crippen LogP contribution in [0.4, 0.5) is 0 Å². The van der Waals surface area contributed by atoms with Crippen LogP contribution in [0.3, 0.4) is 0 Å². The van der Waals surface area contributed by atoms with Crippen molar-refractivity contribution in [2.75, 3.05) is 20.8 Å². The maximum atomic E-state index is 12.3. The molecule has 0 heterocycles. The van der Waals surface area contributed by atoms with Crippen LogP contribution in [0.1, 0.15) is 25.3 Å². The molecule has 0 spiro atoms. The average molecular weight is 357 g/mol. The number of hydrogen-bond donors (Lipinski definition) is 1. The van der Waals surface area contributed by atoms with E-state index in [1.807, 2.05) is 55.5 Å². The van der Waals surface area contributed by atoms with E-state index in [-0.39, 0.29) is 5.91 Å². The van der Waals surface area contributed by atoms with Gasteiger partial charge in [0.05, 0.1) is 14.2 Å². The maximum absolute atomic E-state index is 12.3. The Kier molecular flexibility index (Phi) is 7.80. The zero-order chi connectivity index (χ0) is 18.8. The van der Waals surface area contributed by atoms with Crippen molar-refractivity contribution in [1.29, 1.82) is 0 Å². The Balaban J connectivity index is 1.78. The molecular formula is C21H27NO4. The highest BCUT2D eigenvalue weighted by molar-refractivity contribution is 5.81. The van der Waals surface area contributed by atoms with Gasteiger partial charge in [-0.1, -0.05) is 31.2 Å². The van der Waals surface area contributed by atoms with Gasteiger partial charge in [-0.2, -0.15) is 0 Å². The normalized spacial score (nSPS) is 11.5. The lowest BCUT2D eigenvalue weighted by molar-refractivity contribution is -0.128. The third kappa shape index (κ3) is 5.69. The van der Waals surface area contributed by atoms with Crippen LogP contribution >= 0.6 is 0 Å². The van der Waals surface area contributed by atoms with E-state index >= 15 is 0 Å². The minimum absolute atomic E-state index is 0.0799. The largest absolute Gasteiger partial charge is 0.493 e. The third-order valence-corrected chi connectivity index (χ3v) is 4.07. The lowest BCUT2D eigenvalue weighted by Crippen LogP contribution is -2.38. The van der Waals surface area contributed by atoms with Gasteiger partial charge in [-0.25, -0.2) is 0 Å². The second-order valence-electron chi connectivity index (χ2n) is 5.91. The Morgan fingerprint density at radius 2 is 1.77 bits per heavy atom. The van der Waals surface area contributed by atoms with Crippen molar-refractivity contribution in [2.45, 2.75) is 32.3 Å². The zero-order valence-corrected chi connectivity index (χ0v) is 15.7. The molecule has 1 atom stereocenters. The van der Waals surface area contributed by atoms with Crippen molar-refractivity contribution in [2.24, 2.45) is 0 Å². The first-order valence-electron chi connectivity index (χ1n) is 8.88. The van der Waals surface area contributed by atoms with Crippen LogP contribution in [0, 0.1) is 0 Å². The number of rotatable bonds is 10. The Labute approximate surface area is 155 Å². The first kappa shape index (κ1) is 19.6. The molecule has 0 aliphatic rings. The number of para-hydroxylation sites is 1. The van der Waals surface area contributed by atoms with Gasteiger partial charge in [-0.3, -0.25) is 4.79 Å². The molecule has 5 heteroatoms. The van der Waals surface area contributed by atoms with Crippen LogP contribution in [0.2, 0.25) is 0 Å². The van der Waals surface area contributed by atoms with E-state index in [4.69, 9.17) is 14.2 Å². The number of hydrogen-bond acceptors (Lipinski definition) is 4. The molecule has 0 saturated heterocycles. The van der Waals surface area contributed by atoms with Gasteiger partial charge in [0.25, 0.3) is 5.91 Å². The van der Waals surface area contributed by atoms with Gasteiger partial charge in [-0.05, 0) is 49.1 Å². The molecule has 2 rings (SSSR count). The Morgan fingerprint density at radius 1 is 1.04 bits per heavy atom. The summed E-state index contributed by atoms with van der Waals surface area (Å²) in [6, 6.07) is 15.3. The van der Waals surface area contributed by atoms with Crippen molar-refractivity contribution >= 4 is 5.91 Å². The smallest absolute Gasteiger partial charge is 0.261 e. The molecule has 0 saturated carbocycles. The number of ether oxygens (including phenoxy) is 3. The van der Waals surface area contributed by atoms with Crippen molar-refractivity contribution in [3.63, 3.8) is 0 Å². The fourth-order valence-corrected chi connectivity index (χ4v) is 2.64. The lowest BCUT2D eigenvalue weighted by atomic mass is 10.1. The second kappa shape index (κ2) is 10.3. The number of amides is 1. The van der Waals surface area contributed by atoms with Crippen LogP contribution in [-0.4, -0.2) is 32.8 Å². The predicted molar refractivity (Wildman–Crippen MR) is 102 cm³/mol. The molecular weight excluding hydrogens is 330 g/mol. The van der Waals surface area contributed by atoms with Crippen molar-refractivity contribution in [3.05, 3.63) is 54.1 Å². The summed E-state index contributed by atoms with van der Waals surface area (Å²) in [5.41, 5.74) is 1.14. The Bertz CT molecular complexity index is 688. The second-order valence-corrected chi connectivity index (χ2v) is 5.91. The lowest BCUT2D eigenvalue weighted by Gasteiger charge is -2.17. The number of aryl methyl sites for hydroxylation is 1. The van der Waals surface area contributed by atoms with E-state index in [2.05, 4.69) is 5.32 Å². The van der Waals surface area contributed by atoms with Gasteiger partial charge >= 0.3 is 0 Å². The van der Waals surface area contributed by atoms with Crippen LogP contribution in [0.5, 0.6) is 17.2 Å². The van der Waals surface area contributed by atoms with Gasteiger partial charge in [0, 0.05) is 6.54 Å². The Hall–Kier alpha value is -2.69. The Morgan fingerprint density at radius 3 is 2.42 bits per heavy atom. The topological polar surface area (TPSA) is 56.8 Å². The van der Waals surface area contributed by atoms with Gasteiger partial charge < -0.3 is 19.5 Å². The molecule has 26 heavy (non-hydrogen) atoms. The molecule has 0 bridgehead atoms. The van der Waals surface area contributed by atoms with E-state index in [1.54, 1.807) is 14.2 Å². The van der Waals surface area contributed by atoms with E-state index in [9.17, 15) is 4.79 Å². The quantitative estimate of drug-likeness (QED) is 0.660. The van der Waals surface area contributed by atoms with E-state index in [0.717, 1.165) is 24.2 Å². The molecule has 0 aliphatic heterocycles. The summed E-state index contributed by atoms with van der Waals surface area (Å²) in [5.74, 6) is 2.06. The van der Waals surface area contributed by atoms with Crippen molar-refractivity contribution < 1.29 is 19.0 Å². The molecule has 1 N–H and O–H groups in total. The minimum atomic E-state index is -0.474. The number of methoxy groups -OCH3 is 2. The van der Waals surface area contributed by atoms with E-state index in [1.165, 1.54) is 0 Å². The summed E-state index contributed by atoms with van der Waals surface area (Å²) >= 11 is 0. The van der Waals surface area contributed by atoms with Gasteiger partial charge in [0.1, 0.15) is 5.75 Å². The molecule has 0 radical (unpaired) electrons. The standard InChI is InChI=1S/C21H27NO4/c1-4-18(26-17-10-6-5-7-11-17)21(23)22-14-8-9-16-12-13-19(24-2)20(15-16)25-3/h5-7,10-13,15,18H,4,8-9,14H2,1-3H3,(H,22,23)/t18-/m1/s1. The summed E-state index contributed by atoms with van der Waals surface area (Å²) < 4.78 is 16.3. The van der Waals surface area contributed by atoms with Crippen LogP contribution in [0.25, 0.3) is 0 Å². The minimum Gasteiger partial charge on any atom is -0.493 e. The number of carbonyl (C=O) groups excluding carboxylic acids is 1. The first-order valence-corrected chi connectivity index (χ1v) is 8.88. The highest BCUT2D eigenvalue weighted by Gasteiger charge is 2.17. The summed E-state index contributed by atoms with van der Waals surface area (Å²) in [6.45, 7) is 2.54. The van der Waals surface area contributed by atoms with Gasteiger partial charge in [-0.15, -0.1) is 0 Å². The van der Waals surface area contributed by atoms with Gasteiger partial charge in [0.2, 0.25) is 0 Å². The monoisotopic (exact) mass is 357 g/mol. The first-order chi connectivity index (χ1) is 12.7. The molecule has 0 fully saturated rings. The van der Waals surface area contributed by atoms with Crippen molar-refractivity contribution in [3.8, 4) is 17.2 Å². The highest BCUT2D eigenvalue weighted by atomic mass is 16.5. The number of benzene rings is 2. The molecule has 2 aromatic carbocycles. The van der Waals surface area contributed by atoms with Crippen LogP contribution < -0.4 is 19.5 Å². The maximum Gasteiger partial charge on any atom is 0.261 e.